The molecule has 0 aliphatic carbocycles. The van der Waals surface area contributed by atoms with E-state index in [-0.39, 0.29) is 0 Å². The van der Waals surface area contributed by atoms with E-state index in [4.69, 9.17) is 28.7 Å². The summed E-state index contributed by atoms with van der Waals surface area (Å²) < 4.78 is 7.01. The second-order valence-electron chi connectivity index (χ2n) is 3.85. The fourth-order valence-electron chi connectivity index (χ4n) is 1.43. The minimum absolute atomic E-state index is 0.443. The number of rotatable bonds is 3. The van der Waals surface area contributed by atoms with Gasteiger partial charge in [0.1, 0.15) is 11.5 Å². The summed E-state index contributed by atoms with van der Waals surface area (Å²) >= 11 is 10.8. The van der Waals surface area contributed by atoms with Crippen LogP contribution in [0.25, 0.3) is 0 Å². The van der Waals surface area contributed by atoms with Crippen LogP contribution in [0.1, 0.15) is 0 Å². The molecule has 0 amide bonds. The minimum Gasteiger partial charge on any atom is -0.457 e. The first-order valence-corrected chi connectivity index (χ1v) is 6.43. The summed E-state index contributed by atoms with van der Waals surface area (Å²) in [4.78, 5) is 0. The Morgan fingerprint density at radius 1 is 1.05 bits per heavy atom. The number of hydrogen-bond donors (Lipinski definition) is 1. The quantitative estimate of drug-likeness (QED) is 0.675. The molecule has 0 unspecified atom stereocenters. The van der Waals surface area contributed by atoms with Gasteiger partial charge in [-0.15, -0.1) is 0 Å². The number of nitrogens with zero attached hydrogens (tertiary/aromatic N) is 1. The molecule has 0 aliphatic heterocycles. The average molecular weight is 293 g/mol. The molecule has 98 valence electrons. The van der Waals surface area contributed by atoms with Crippen LogP contribution >= 0.6 is 24.0 Å². The van der Waals surface area contributed by atoms with Crippen molar-refractivity contribution in [3.63, 3.8) is 0 Å². The molecule has 0 aromatic heterocycles. The van der Waals surface area contributed by atoms with Crippen molar-refractivity contribution < 1.29 is 4.74 Å². The van der Waals surface area contributed by atoms with Crippen LogP contribution in [0.5, 0.6) is 11.5 Å². The van der Waals surface area contributed by atoms with Crippen LogP contribution in [0.3, 0.4) is 0 Å². The van der Waals surface area contributed by atoms with Gasteiger partial charge >= 0.3 is 0 Å². The number of nitrogens with one attached hydrogen (secondary N) is 1. The molecule has 0 saturated heterocycles. The molecule has 0 atom stereocenters. The van der Waals surface area contributed by atoms with Gasteiger partial charge in [-0.1, -0.05) is 18.2 Å². The Morgan fingerprint density at radius 3 is 2.21 bits per heavy atom. The van der Waals surface area contributed by atoms with Crippen LogP contribution in [0.4, 0.5) is 5.69 Å². The van der Waals surface area contributed by atoms with Gasteiger partial charge < -0.3 is 10.1 Å². The maximum absolute atomic E-state index is 5.72. The maximum atomic E-state index is 5.72. The van der Waals surface area contributed by atoms with Gasteiger partial charge in [0.05, 0.1) is 0 Å². The standard InChI is InChI=1S/C14H13ClN2OS/c1-17(15)14(19)16-11-7-9-13(10-8-11)18-12-5-3-2-4-6-12/h2-10H,1H3,(H,16,19). The van der Waals surface area contributed by atoms with Crippen molar-refractivity contribution in [1.82, 2.24) is 4.42 Å². The highest BCUT2D eigenvalue weighted by Crippen LogP contribution is 2.22. The molecule has 2 aromatic carbocycles. The van der Waals surface area contributed by atoms with E-state index < -0.39 is 0 Å². The highest BCUT2D eigenvalue weighted by atomic mass is 35.5. The molecule has 19 heavy (non-hydrogen) atoms. The van der Waals surface area contributed by atoms with Gasteiger partial charge in [0.25, 0.3) is 0 Å². The molecule has 0 fully saturated rings. The number of anilines is 1. The van der Waals surface area contributed by atoms with Crippen molar-refractivity contribution in [2.75, 3.05) is 12.4 Å². The molecular formula is C14H13ClN2OS. The lowest BCUT2D eigenvalue weighted by atomic mass is 10.3. The highest BCUT2D eigenvalue weighted by Gasteiger charge is 2.02. The summed E-state index contributed by atoms with van der Waals surface area (Å²) in [5.41, 5.74) is 0.859. The number of halogens is 1. The zero-order valence-electron chi connectivity index (χ0n) is 10.3. The molecule has 0 spiro atoms. The third kappa shape index (κ3) is 4.12. The maximum Gasteiger partial charge on any atom is 0.187 e. The van der Waals surface area contributed by atoms with Crippen molar-refractivity contribution in [2.24, 2.45) is 0 Å². The molecule has 2 aromatic rings. The summed E-state index contributed by atoms with van der Waals surface area (Å²) in [5.74, 6) is 1.57. The van der Waals surface area contributed by atoms with Gasteiger partial charge in [-0.05, 0) is 48.6 Å². The van der Waals surface area contributed by atoms with E-state index in [1.807, 2.05) is 54.6 Å². The largest absolute Gasteiger partial charge is 0.457 e. The first kappa shape index (κ1) is 13.6. The summed E-state index contributed by atoms with van der Waals surface area (Å²) in [5, 5.41) is 3.45. The Hall–Kier alpha value is -1.78. The van der Waals surface area contributed by atoms with E-state index in [1.54, 1.807) is 7.05 Å². The van der Waals surface area contributed by atoms with Crippen LogP contribution in [0.2, 0.25) is 0 Å². The predicted octanol–water partition coefficient (Wildman–Crippen LogP) is 4.26. The van der Waals surface area contributed by atoms with Crippen molar-refractivity contribution >= 4 is 34.8 Å². The van der Waals surface area contributed by atoms with Gasteiger partial charge in [0.2, 0.25) is 0 Å². The third-order valence-corrected chi connectivity index (χ3v) is 3.01. The number of benzene rings is 2. The molecular weight excluding hydrogens is 280 g/mol. The Morgan fingerprint density at radius 2 is 1.63 bits per heavy atom. The van der Waals surface area contributed by atoms with Gasteiger partial charge in [0.15, 0.2) is 5.11 Å². The van der Waals surface area contributed by atoms with Crippen LogP contribution in [-0.4, -0.2) is 16.6 Å². The lowest BCUT2D eigenvalue weighted by Gasteiger charge is -2.13. The Kier molecular flexibility index (Phi) is 4.60. The fraction of sp³-hybridized carbons (Fsp3) is 0.0714. The lowest BCUT2D eigenvalue weighted by Crippen LogP contribution is -2.22. The molecule has 2 rings (SSSR count). The van der Waals surface area contributed by atoms with Crippen LogP contribution in [0, 0.1) is 0 Å². The zero-order valence-corrected chi connectivity index (χ0v) is 11.9. The fourth-order valence-corrected chi connectivity index (χ4v) is 1.59. The van der Waals surface area contributed by atoms with Gasteiger partial charge in [-0.3, -0.25) is 4.42 Å². The van der Waals surface area contributed by atoms with E-state index in [0.717, 1.165) is 17.2 Å². The average Bonchev–Trinajstić information content (AvgIpc) is 2.42. The number of para-hydroxylation sites is 1. The molecule has 0 heterocycles. The Labute approximate surface area is 122 Å². The summed E-state index contributed by atoms with van der Waals surface area (Å²) in [6, 6.07) is 17.1. The van der Waals surface area contributed by atoms with Gasteiger partial charge in [0, 0.05) is 24.5 Å². The molecule has 0 aliphatic rings. The number of hydrogen-bond acceptors (Lipinski definition) is 2. The van der Waals surface area contributed by atoms with Crippen molar-refractivity contribution in [1.29, 1.82) is 0 Å². The zero-order chi connectivity index (χ0) is 13.7. The Bertz CT molecular complexity index is 543. The normalized spacial score (nSPS) is 9.79. The Balaban J connectivity index is 2.01. The highest BCUT2D eigenvalue weighted by molar-refractivity contribution is 7.80. The molecule has 3 nitrogen and oxygen atoms in total. The van der Waals surface area contributed by atoms with Crippen molar-refractivity contribution in [2.45, 2.75) is 0 Å². The lowest BCUT2D eigenvalue weighted by molar-refractivity contribution is 0.483. The molecule has 1 N–H and O–H groups in total. The second kappa shape index (κ2) is 6.41. The predicted molar refractivity (Wildman–Crippen MR) is 82.8 cm³/mol. The molecule has 5 heteroatoms. The summed E-state index contributed by atoms with van der Waals surface area (Å²) in [6.07, 6.45) is 0. The van der Waals surface area contributed by atoms with Crippen molar-refractivity contribution in [3.8, 4) is 11.5 Å². The second-order valence-corrected chi connectivity index (χ2v) is 4.74. The molecule has 0 saturated carbocycles. The monoisotopic (exact) mass is 292 g/mol. The SMILES string of the molecule is CN(Cl)C(=S)Nc1ccc(Oc2ccccc2)cc1. The van der Waals surface area contributed by atoms with E-state index >= 15 is 0 Å². The molecule has 0 bridgehead atoms. The van der Waals surface area contributed by atoms with Crippen LogP contribution in [-0.2, 0) is 0 Å². The summed E-state index contributed by atoms with van der Waals surface area (Å²) in [7, 11) is 1.67. The number of ether oxygens (including phenoxy) is 1. The van der Waals surface area contributed by atoms with E-state index in [9.17, 15) is 0 Å². The van der Waals surface area contributed by atoms with Gasteiger partial charge in [-0.25, -0.2) is 0 Å². The van der Waals surface area contributed by atoms with E-state index in [2.05, 4.69) is 5.32 Å². The molecule has 0 radical (unpaired) electrons. The van der Waals surface area contributed by atoms with Crippen LogP contribution in [0.15, 0.2) is 54.6 Å². The topological polar surface area (TPSA) is 24.5 Å². The van der Waals surface area contributed by atoms with E-state index in [0.29, 0.717) is 5.11 Å². The third-order valence-electron chi connectivity index (χ3n) is 2.36. The smallest absolute Gasteiger partial charge is 0.187 e. The first-order chi connectivity index (χ1) is 9.15. The van der Waals surface area contributed by atoms with Crippen LogP contribution < -0.4 is 10.1 Å². The number of thiocarbonyl (C=S) groups is 1. The van der Waals surface area contributed by atoms with Gasteiger partial charge in [-0.2, -0.15) is 0 Å². The van der Waals surface area contributed by atoms with E-state index in [1.165, 1.54) is 4.42 Å². The summed E-state index contributed by atoms with van der Waals surface area (Å²) in [6.45, 7) is 0. The minimum atomic E-state index is 0.443. The van der Waals surface area contributed by atoms with Crippen molar-refractivity contribution in [3.05, 3.63) is 54.6 Å². The first-order valence-electron chi connectivity index (χ1n) is 5.68.